The predicted octanol–water partition coefficient (Wildman–Crippen LogP) is 3.93. The maximum Gasteiger partial charge on any atom is 0.271 e. The maximum absolute atomic E-state index is 12.7. The number of carbonyl (C=O) groups is 1. The van der Waals surface area contributed by atoms with Crippen molar-refractivity contribution >= 4 is 23.2 Å². The zero-order valence-corrected chi connectivity index (χ0v) is 19.2. The number of aromatic nitrogens is 2. The van der Waals surface area contributed by atoms with E-state index in [0.29, 0.717) is 22.9 Å². The Morgan fingerprint density at radius 2 is 1.81 bits per heavy atom. The third-order valence-electron chi connectivity index (χ3n) is 4.91. The SMILES string of the molecule is COc1cc(Cl)c(NC(=O)[C@H](C)Oc2ccc(=O)n(-c3ccc(C)c(C)c3)n2)c(OC)c1. The zero-order valence-electron chi connectivity index (χ0n) is 18.4. The molecule has 3 aromatic rings. The quantitative estimate of drug-likeness (QED) is 0.578. The Hall–Kier alpha value is -3.52. The van der Waals surface area contributed by atoms with Gasteiger partial charge in [-0.05, 0) is 44.0 Å². The Morgan fingerprint density at radius 3 is 2.47 bits per heavy atom. The third kappa shape index (κ3) is 5.03. The first-order chi connectivity index (χ1) is 15.2. The first-order valence-electron chi connectivity index (χ1n) is 9.80. The van der Waals surface area contributed by atoms with Crippen LogP contribution in [0.5, 0.6) is 17.4 Å². The van der Waals surface area contributed by atoms with E-state index in [1.165, 1.54) is 31.0 Å². The van der Waals surface area contributed by atoms with E-state index in [1.807, 2.05) is 26.0 Å². The number of nitrogens with one attached hydrogen (secondary N) is 1. The van der Waals surface area contributed by atoms with Crippen LogP contribution >= 0.6 is 11.6 Å². The summed E-state index contributed by atoms with van der Waals surface area (Å²) in [5.74, 6) is 0.489. The lowest BCUT2D eigenvalue weighted by atomic mass is 10.1. The highest BCUT2D eigenvalue weighted by molar-refractivity contribution is 6.34. The molecular formula is C23H24ClN3O5. The van der Waals surface area contributed by atoms with Crippen LogP contribution < -0.4 is 25.1 Å². The number of carbonyl (C=O) groups excluding carboxylic acids is 1. The molecule has 0 aliphatic rings. The molecule has 8 nitrogen and oxygen atoms in total. The van der Waals surface area contributed by atoms with Crippen molar-refractivity contribution in [1.82, 2.24) is 9.78 Å². The molecule has 0 unspecified atom stereocenters. The smallest absolute Gasteiger partial charge is 0.271 e. The second-order valence-corrected chi connectivity index (χ2v) is 7.53. The summed E-state index contributed by atoms with van der Waals surface area (Å²) >= 11 is 6.26. The first-order valence-corrected chi connectivity index (χ1v) is 10.2. The Morgan fingerprint density at radius 1 is 1.06 bits per heavy atom. The molecular weight excluding hydrogens is 434 g/mol. The number of anilines is 1. The van der Waals surface area contributed by atoms with Crippen molar-refractivity contribution in [2.24, 2.45) is 0 Å². The fraction of sp³-hybridized carbons (Fsp3) is 0.261. The number of hydrogen-bond acceptors (Lipinski definition) is 6. The third-order valence-corrected chi connectivity index (χ3v) is 5.21. The summed E-state index contributed by atoms with van der Waals surface area (Å²) in [6.45, 7) is 5.50. The number of hydrogen-bond donors (Lipinski definition) is 1. The molecule has 0 radical (unpaired) electrons. The number of nitrogens with zero attached hydrogens (tertiary/aromatic N) is 2. The number of amides is 1. The van der Waals surface area contributed by atoms with Crippen LogP contribution in [0.4, 0.5) is 5.69 Å². The molecule has 2 aromatic carbocycles. The number of methoxy groups -OCH3 is 2. The number of aryl methyl sites for hydroxylation is 2. The highest BCUT2D eigenvalue weighted by atomic mass is 35.5. The van der Waals surface area contributed by atoms with E-state index in [0.717, 1.165) is 11.1 Å². The lowest BCUT2D eigenvalue weighted by Gasteiger charge is -2.17. The molecule has 3 rings (SSSR count). The predicted molar refractivity (Wildman–Crippen MR) is 123 cm³/mol. The molecule has 0 saturated carbocycles. The second kappa shape index (κ2) is 9.74. The maximum atomic E-state index is 12.7. The van der Waals surface area contributed by atoms with Crippen LogP contribution in [0.2, 0.25) is 5.02 Å². The largest absolute Gasteiger partial charge is 0.497 e. The van der Waals surface area contributed by atoms with Crippen molar-refractivity contribution in [2.75, 3.05) is 19.5 Å². The van der Waals surface area contributed by atoms with Gasteiger partial charge in [0.15, 0.2) is 6.10 Å². The minimum Gasteiger partial charge on any atom is -0.497 e. The molecule has 0 aliphatic heterocycles. The zero-order chi connectivity index (χ0) is 23.4. The fourth-order valence-electron chi connectivity index (χ4n) is 2.92. The van der Waals surface area contributed by atoms with Crippen molar-refractivity contribution < 1.29 is 19.0 Å². The highest BCUT2D eigenvalue weighted by Crippen LogP contribution is 2.37. The molecule has 1 aromatic heterocycles. The minimum atomic E-state index is -0.934. The monoisotopic (exact) mass is 457 g/mol. The topological polar surface area (TPSA) is 91.7 Å². The van der Waals surface area contributed by atoms with Gasteiger partial charge in [-0.3, -0.25) is 9.59 Å². The number of rotatable bonds is 7. The lowest BCUT2D eigenvalue weighted by molar-refractivity contribution is -0.122. The van der Waals surface area contributed by atoms with E-state index in [9.17, 15) is 9.59 Å². The van der Waals surface area contributed by atoms with Crippen molar-refractivity contribution in [3.05, 3.63) is 69.0 Å². The van der Waals surface area contributed by atoms with Crippen molar-refractivity contribution in [3.63, 3.8) is 0 Å². The van der Waals surface area contributed by atoms with Crippen LogP contribution in [0.15, 0.2) is 47.3 Å². The number of ether oxygens (including phenoxy) is 3. The number of halogens is 1. The molecule has 9 heteroatoms. The van der Waals surface area contributed by atoms with Crippen LogP contribution in [-0.4, -0.2) is 36.0 Å². The van der Waals surface area contributed by atoms with Gasteiger partial charge in [0.05, 0.1) is 24.9 Å². The molecule has 1 atom stereocenters. The molecule has 0 bridgehead atoms. The molecule has 32 heavy (non-hydrogen) atoms. The average molecular weight is 458 g/mol. The normalized spacial score (nSPS) is 11.6. The van der Waals surface area contributed by atoms with Crippen LogP contribution in [0.3, 0.4) is 0 Å². The molecule has 0 fully saturated rings. The standard InChI is InChI=1S/C23H24ClN3O5/c1-13-6-7-16(10-14(13)2)27-21(28)9-8-20(26-27)32-15(3)23(29)25-22-18(24)11-17(30-4)12-19(22)31-5/h6-12,15H,1-5H3,(H,25,29)/t15-/m0/s1. The van der Waals surface area contributed by atoms with Crippen LogP contribution in [-0.2, 0) is 4.79 Å². The highest BCUT2D eigenvalue weighted by Gasteiger charge is 2.20. The van der Waals surface area contributed by atoms with Gasteiger partial charge in [-0.15, -0.1) is 5.10 Å². The summed E-state index contributed by atoms with van der Waals surface area (Å²) < 4.78 is 17.4. The van der Waals surface area contributed by atoms with Crippen molar-refractivity contribution in [3.8, 4) is 23.1 Å². The summed E-state index contributed by atoms with van der Waals surface area (Å²) in [5.41, 5.74) is 2.72. The van der Waals surface area contributed by atoms with Gasteiger partial charge in [-0.1, -0.05) is 17.7 Å². The summed E-state index contributed by atoms with van der Waals surface area (Å²) in [5, 5.41) is 7.20. The van der Waals surface area contributed by atoms with Gasteiger partial charge < -0.3 is 19.5 Å². The molecule has 1 N–H and O–H groups in total. The summed E-state index contributed by atoms with van der Waals surface area (Å²) in [6.07, 6.45) is -0.934. The van der Waals surface area contributed by atoms with Crippen LogP contribution in [0, 0.1) is 13.8 Å². The van der Waals surface area contributed by atoms with E-state index in [1.54, 1.807) is 25.1 Å². The van der Waals surface area contributed by atoms with Gasteiger partial charge in [0.1, 0.15) is 17.2 Å². The van der Waals surface area contributed by atoms with Gasteiger partial charge in [-0.2, -0.15) is 4.68 Å². The minimum absolute atomic E-state index is 0.123. The number of benzene rings is 2. The molecule has 168 valence electrons. The van der Waals surface area contributed by atoms with Gasteiger partial charge in [0.25, 0.3) is 11.5 Å². The Bertz CT molecular complexity index is 1210. The molecule has 1 amide bonds. The summed E-state index contributed by atoms with van der Waals surface area (Å²) in [6, 6.07) is 11.5. The second-order valence-electron chi connectivity index (χ2n) is 7.13. The van der Waals surface area contributed by atoms with E-state index in [-0.39, 0.29) is 16.5 Å². The summed E-state index contributed by atoms with van der Waals surface area (Å²) in [7, 11) is 2.96. The van der Waals surface area contributed by atoms with E-state index in [4.69, 9.17) is 25.8 Å². The van der Waals surface area contributed by atoms with Gasteiger partial charge in [0, 0.05) is 24.3 Å². The Kier molecular flexibility index (Phi) is 7.05. The Labute approximate surface area is 190 Å². The van der Waals surface area contributed by atoms with Crippen LogP contribution in [0.25, 0.3) is 5.69 Å². The van der Waals surface area contributed by atoms with Gasteiger partial charge in [-0.25, -0.2) is 0 Å². The fourth-order valence-corrected chi connectivity index (χ4v) is 3.16. The Balaban J connectivity index is 1.80. The summed E-state index contributed by atoms with van der Waals surface area (Å²) in [4.78, 5) is 25.0. The van der Waals surface area contributed by atoms with E-state index in [2.05, 4.69) is 10.4 Å². The first kappa shape index (κ1) is 23.1. The van der Waals surface area contributed by atoms with Gasteiger partial charge >= 0.3 is 0 Å². The molecule has 0 aliphatic carbocycles. The van der Waals surface area contributed by atoms with Crippen LogP contribution in [0.1, 0.15) is 18.1 Å². The van der Waals surface area contributed by atoms with Crippen molar-refractivity contribution in [1.29, 1.82) is 0 Å². The van der Waals surface area contributed by atoms with E-state index >= 15 is 0 Å². The average Bonchev–Trinajstić information content (AvgIpc) is 2.77. The van der Waals surface area contributed by atoms with E-state index < -0.39 is 12.0 Å². The molecule has 0 saturated heterocycles. The lowest BCUT2D eigenvalue weighted by Crippen LogP contribution is -2.31. The molecule has 1 heterocycles. The van der Waals surface area contributed by atoms with Crippen molar-refractivity contribution in [2.45, 2.75) is 26.9 Å². The molecule has 0 spiro atoms. The van der Waals surface area contributed by atoms with Gasteiger partial charge in [0.2, 0.25) is 5.88 Å².